The van der Waals surface area contributed by atoms with Crippen LogP contribution in [0.2, 0.25) is 0 Å². The first-order valence-corrected chi connectivity index (χ1v) is 37.5. The van der Waals surface area contributed by atoms with Crippen molar-refractivity contribution in [2.24, 2.45) is 94.7 Å². The van der Waals surface area contributed by atoms with E-state index >= 15 is 0 Å². The molecule has 7 aliphatic rings. The summed E-state index contributed by atoms with van der Waals surface area (Å²) in [6.07, 6.45) is -6.56. The molecule has 0 radical (unpaired) electrons. The molecule has 2 unspecified atom stereocenters. The molecule has 109 heavy (non-hydrogen) atoms. The minimum absolute atomic E-state index is 0. The van der Waals surface area contributed by atoms with Crippen molar-refractivity contribution >= 4 is 88.4 Å². The van der Waals surface area contributed by atoms with E-state index in [1.807, 2.05) is 80.5 Å². The molecule has 1 aromatic carbocycles. The number of nitrogens with one attached hydrogen (secondary N) is 1. The Labute approximate surface area is 641 Å². The molecule has 0 saturated carbocycles. The summed E-state index contributed by atoms with van der Waals surface area (Å²) in [5.74, 6) is -6.34. The first-order chi connectivity index (χ1) is 50.4. The van der Waals surface area contributed by atoms with E-state index in [-0.39, 0.29) is 99.8 Å². The van der Waals surface area contributed by atoms with E-state index in [1.54, 1.807) is 6.92 Å². The molecule has 0 spiro atoms. The minimum atomic E-state index is -5.31. The summed E-state index contributed by atoms with van der Waals surface area (Å²) in [7, 11) is -5.31. The molecule has 20 N–H and O–H groups in total. The van der Waals surface area contributed by atoms with Crippen molar-refractivity contribution in [2.75, 3.05) is 18.9 Å². The van der Waals surface area contributed by atoms with E-state index < -0.39 is 168 Å². The maximum absolute atomic E-state index is 14.4. The molecule has 3 aromatic heterocycles. The Kier molecular flexibility index (Phi) is 25.4. The molecule has 3 saturated heterocycles. The Hall–Kier alpha value is -7.81. The van der Waals surface area contributed by atoms with Crippen LogP contribution < -0.4 is 50.3 Å². The summed E-state index contributed by atoms with van der Waals surface area (Å²) in [6, 6.07) is 2.68. The van der Waals surface area contributed by atoms with Crippen molar-refractivity contribution in [2.45, 2.75) is 220 Å². The van der Waals surface area contributed by atoms with Crippen LogP contribution in [0.5, 0.6) is 0 Å². The predicted molar refractivity (Wildman–Crippen MR) is 394 cm³/mol. The van der Waals surface area contributed by atoms with Crippen molar-refractivity contribution in [1.82, 2.24) is 34.4 Å². The summed E-state index contributed by atoms with van der Waals surface area (Å²) in [6.45, 7) is 22.7. The Morgan fingerprint density at radius 3 is 2.01 bits per heavy atom. The normalized spacial score (nSPS) is 33.9. The molecular weight excluding hydrogens is 1480 g/mol. The fraction of sp³-hybridized carbons (Fsp3) is 0.611. The number of fused-ring (bicyclic) bond motifs is 8. The quantitative estimate of drug-likeness (QED) is 0.0230. The number of aliphatic hydroxyl groups is 5. The number of benzene rings is 1. The number of primary amides is 5. The molecular formula is C72H102CoN18O17P. The number of hydrogen-bond acceptors (Lipinski definition) is 26. The number of phosphoric ester groups is 1. The van der Waals surface area contributed by atoms with Gasteiger partial charge in [-0.2, -0.15) is 5.70 Å². The molecule has 8 bridgehead atoms. The van der Waals surface area contributed by atoms with E-state index in [0.717, 1.165) is 11.1 Å². The van der Waals surface area contributed by atoms with E-state index in [9.17, 15) is 63.8 Å². The van der Waals surface area contributed by atoms with Crippen LogP contribution in [0.25, 0.3) is 27.5 Å². The number of nitrogens with two attached hydrogens (primary N) is 7. The van der Waals surface area contributed by atoms with Crippen LogP contribution in [0.1, 0.15) is 157 Å². The Morgan fingerprint density at radius 2 is 1.40 bits per heavy atom. The van der Waals surface area contributed by atoms with Crippen LogP contribution in [-0.2, 0) is 68.6 Å². The summed E-state index contributed by atoms with van der Waals surface area (Å²) in [5, 5.41) is 60.4. The second-order valence-corrected chi connectivity index (χ2v) is 32.6. The summed E-state index contributed by atoms with van der Waals surface area (Å²) < 4.78 is 38.8. The van der Waals surface area contributed by atoms with Gasteiger partial charge in [0.15, 0.2) is 23.9 Å². The molecule has 596 valence electrons. The molecule has 3 fully saturated rings. The van der Waals surface area contributed by atoms with Crippen LogP contribution in [0.4, 0.5) is 5.82 Å². The second kappa shape index (κ2) is 32.5. The van der Waals surface area contributed by atoms with Gasteiger partial charge in [0.1, 0.15) is 42.5 Å². The van der Waals surface area contributed by atoms with Crippen molar-refractivity contribution in [3.8, 4) is 0 Å². The van der Waals surface area contributed by atoms with E-state index in [0.29, 0.717) is 67.6 Å². The number of aromatic nitrogens is 6. The predicted octanol–water partition coefficient (Wildman–Crippen LogP) is 1.97. The number of hydrogen-bond donors (Lipinski definition) is 13. The number of anilines is 1. The third kappa shape index (κ3) is 16.5. The van der Waals surface area contributed by atoms with Gasteiger partial charge in [0.05, 0.1) is 53.7 Å². The van der Waals surface area contributed by atoms with Gasteiger partial charge in [-0.1, -0.05) is 40.7 Å². The fourth-order valence-corrected chi connectivity index (χ4v) is 18.5. The van der Waals surface area contributed by atoms with Crippen LogP contribution in [0.15, 0.2) is 80.4 Å². The first-order valence-electron chi connectivity index (χ1n) is 36.0. The number of carbonyl (C=O) groups excluding carboxylic acids is 6. The van der Waals surface area contributed by atoms with Crippen molar-refractivity contribution in [3.05, 3.63) is 88.8 Å². The maximum atomic E-state index is 14.4. The average molecular weight is 1580 g/mol. The monoisotopic (exact) mass is 1580 g/mol. The molecule has 11 rings (SSSR count). The molecule has 10 heterocycles. The topological polar surface area (TPSA) is 587 Å². The standard InChI is InChI=1S/C62H92N13O14P.C10H12N5O3.Co/c1-29-20-39-40(21-30(29)2)75(28-70-39)57-52(84)53(41(27-76)87-57)89-90(85,86)88-31(3)26-69-49(83)18-19-59(8)37(22-46(66)80)56-62(11)61(10,25-48(68)82)36(14-17-45(65)79)51(74-62)33(5)55-60(9,24-47(67)81)34(12-15-43(63)77)38(71-55)23-42-58(6,7)35(13-16-44(64)78)50(72-42)32(4)54(59)73-56;1-4-6(16)7(17)10(18-4)15-3-14-5-8(11)12-2-13-9(5)15;/h20-21,23,28,31,34-37,41,45,52-53,56-57,76,79,84H,12-19,22,24-27,65H2,1-11H3,(H13,63,64,66,67,68,69,71,72,73,74,77,78,80,81,82,83,85,86);2-4,6-7,10,16-17H,1H2,(H2,11,12,13);/q;-1;+3/p-2/t31-,34-,35-,36-,37+,41-,45?,52-,53-,56-,57+,59-,60+,61+,62+;4-,6+,7+,10+;/m11./s1. The number of rotatable bonds is 27. The van der Waals surface area contributed by atoms with Gasteiger partial charge in [0.25, 0.3) is 7.82 Å². The third-order valence-electron chi connectivity index (χ3n) is 23.6. The Bertz CT molecular complexity index is 4460. The number of phosphoric acid groups is 1. The van der Waals surface area contributed by atoms with Crippen LogP contribution in [0, 0.1) is 66.1 Å². The number of allylic oxidation sites excluding steroid dienone is 6. The maximum Gasteiger partial charge on any atom is 3.00 e. The zero-order valence-electron chi connectivity index (χ0n) is 63.0. The van der Waals surface area contributed by atoms with Gasteiger partial charge in [-0.25, -0.2) is 19.9 Å². The van der Waals surface area contributed by atoms with Gasteiger partial charge in [0.2, 0.25) is 35.4 Å². The van der Waals surface area contributed by atoms with Gasteiger partial charge in [-0.15, -0.1) is 0 Å². The van der Waals surface area contributed by atoms with Crippen LogP contribution in [-0.4, -0.2) is 181 Å². The number of carbonyl (C=O) groups is 6. The summed E-state index contributed by atoms with van der Waals surface area (Å²) >= 11 is 0. The number of aliphatic imine (C=N–C) groups is 3. The van der Waals surface area contributed by atoms with E-state index in [2.05, 4.69) is 32.2 Å². The number of aliphatic hydroxyl groups excluding tert-OH is 5. The molecule has 4 aromatic rings. The molecule has 20 atom stereocenters. The fourth-order valence-electron chi connectivity index (χ4n) is 17.4. The molecule has 37 heteroatoms. The average Bonchev–Trinajstić information content (AvgIpc) is 1.53. The molecule has 35 nitrogen and oxygen atoms in total. The van der Waals surface area contributed by atoms with Crippen molar-refractivity contribution in [3.63, 3.8) is 0 Å². The SMILES string of the molecule is C/C1=C2N=C(/C=C3N=C(/C(C)=C4/[N-][C@H]([C@H](CC(N)=O)[C@@]4(C)CCC(=O)NC[C@@H](C)OP(=O)([O-])O[C@H]4[C@@H](O)[C@@H](n5cnc6cc(C)c(C)cc65)O[C@@H]4CO)[C@]4(C)N=C1[C@@H](CCC(N)O)[C@]4(C)CC(N)=O)[C@@H](CCC(N)=O)C\3(C)C)[C@@H](CCC(N)=O)[C@]/2(C)CC(N)=O.[CH2-][C@H]1O[C@H](n2cnc3c(N)ncnc32)[C@@H](O)[C@H]1O.[Co+3]. The minimum Gasteiger partial charge on any atom is -0.756 e. The molecule has 6 amide bonds. The number of aryl methyl sites for hydroxylation is 2. The van der Waals surface area contributed by atoms with Crippen LogP contribution in [0.3, 0.4) is 0 Å². The van der Waals surface area contributed by atoms with Gasteiger partial charge in [-0.05, 0) is 132 Å². The van der Waals surface area contributed by atoms with E-state index in [1.165, 1.54) is 35.0 Å². The second-order valence-electron chi connectivity index (χ2n) is 31.3. The first kappa shape index (κ1) is 85.2. The number of ether oxygens (including phenoxy) is 2. The van der Waals surface area contributed by atoms with E-state index in [4.69, 9.17) is 79.0 Å². The smallest absolute Gasteiger partial charge is 0.756 e. The van der Waals surface area contributed by atoms with Gasteiger partial charge < -0.3 is 111 Å². The number of imidazole rings is 2. The molecule has 0 aliphatic carbocycles. The van der Waals surface area contributed by atoms with Gasteiger partial charge in [0, 0.05) is 102 Å². The van der Waals surface area contributed by atoms with Gasteiger partial charge in [-0.3, -0.25) is 52.9 Å². The Balaban J connectivity index is 0.000000623. The number of nitrogens with zero attached hydrogens (tertiary/aromatic N) is 10. The number of nitrogen functional groups attached to an aromatic ring is 1. The largest absolute Gasteiger partial charge is 3.00 e. The van der Waals surface area contributed by atoms with Gasteiger partial charge >= 0.3 is 16.8 Å². The third-order valence-corrected chi connectivity index (χ3v) is 24.7. The van der Waals surface area contributed by atoms with Crippen molar-refractivity contribution in [1.29, 1.82) is 0 Å². The number of amides is 6. The molecule has 7 aliphatic heterocycles. The van der Waals surface area contributed by atoms with Crippen molar-refractivity contribution < 1.29 is 99.1 Å². The summed E-state index contributed by atoms with van der Waals surface area (Å²) in [5.41, 5.74) is 43.7. The Morgan fingerprint density at radius 1 is 0.771 bits per heavy atom. The zero-order chi connectivity index (χ0) is 79.6. The summed E-state index contributed by atoms with van der Waals surface area (Å²) in [4.78, 5) is 127. The zero-order valence-corrected chi connectivity index (χ0v) is 64.9. The van der Waals surface area contributed by atoms with Crippen LogP contribution >= 0.6 is 7.82 Å².